The highest BCUT2D eigenvalue weighted by molar-refractivity contribution is 9.10. The molecule has 4 aromatic rings. The third-order valence-electron chi connectivity index (χ3n) is 3.66. The predicted molar refractivity (Wildman–Crippen MR) is 98.2 cm³/mol. The molecule has 0 aromatic carbocycles. The van der Waals surface area contributed by atoms with Gasteiger partial charge < -0.3 is 4.52 Å². The van der Waals surface area contributed by atoms with Crippen molar-refractivity contribution < 1.29 is 9.32 Å². The maximum absolute atomic E-state index is 12.1. The fourth-order valence-corrected chi connectivity index (χ4v) is 3.22. The largest absolute Gasteiger partial charge is 0.346 e. The maximum atomic E-state index is 12.1. The van der Waals surface area contributed by atoms with Crippen molar-refractivity contribution in [2.45, 2.75) is 19.8 Å². The number of nitrogens with zero attached hydrogens (tertiary/aromatic N) is 5. The van der Waals surface area contributed by atoms with E-state index in [1.54, 1.807) is 6.20 Å². The van der Waals surface area contributed by atoms with E-state index < -0.39 is 0 Å². The van der Waals surface area contributed by atoms with Crippen molar-refractivity contribution in [2.24, 2.45) is 5.84 Å². The van der Waals surface area contributed by atoms with Crippen molar-refractivity contribution in [3.05, 3.63) is 52.7 Å². The van der Waals surface area contributed by atoms with Crippen LogP contribution in [0.3, 0.4) is 0 Å². The number of halogens is 1. The van der Waals surface area contributed by atoms with E-state index in [2.05, 4.69) is 46.2 Å². The van der Waals surface area contributed by atoms with Crippen LogP contribution in [0, 0.1) is 0 Å². The first-order valence-corrected chi connectivity index (χ1v) is 8.51. The zero-order chi connectivity index (χ0) is 18.7. The van der Waals surface area contributed by atoms with Crippen LogP contribution < -0.4 is 11.3 Å². The van der Waals surface area contributed by atoms with Gasteiger partial charge in [-0.25, -0.2) is 15.8 Å². The topological polar surface area (TPSA) is 124 Å². The molecular formula is C16H16BrN7O2. The number of nitrogens with two attached hydrogens (primary N) is 1. The summed E-state index contributed by atoms with van der Waals surface area (Å²) in [7, 11) is 0. The summed E-state index contributed by atoms with van der Waals surface area (Å²) >= 11 is 3.53. The predicted octanol–water partition coefficient (Wildman–Crippen LogP) is 2.44. The van der Waals surface area contributed by atoms with Crippen LogP contribution in [0.5, 0.6) is 0 Å². The molecular weight excluding hydrogens is 402 g/mol. The number of fused-ring (bicyclic) bond motifs is 3. The monoisotopic (exact) mass is 417 g/mol. The molecule has 0 unspecified atom stereocenters. The fourth-order valence-electron chi connectivity index (χ4n) is 2.52. The van der Waals surface area contributed by atoms with Crippen molar-refractivity contribution in [2.75, 3.05) is 0 Å². The SMILES string of the molecule is CC(C)c1nc2c(ccc3nccn32)c(Br)c1C(=O)NN.c1conn1. The summed E-state index contributed by atoms with van der Waals surface area (Å²) < 4.78 is 6.81. The van der Waals surface area contributed by atoms with Gasteiger partial charge in [0.05, 0.1) is 17.5 Å². The van der Waals surface area contributed by atoms with Gasteiger partial charge in [-0.05, 0) is 34.0 Å². The summed E-state index contributed by atoms with van der Waals surface area (Å²) in [4.78, 5) is 21.0. The first-order valence-electron chi connectivity index (χ1n) is 7.71. The quantitative estimate of drug-likeness (QED) is 0.291. The average molecular weight is 418 g/mol. The van der Waals surface area contributed by atoms with Crippen molar-refractivity contribution >= 4 is 38.5 Å². The van der Waals surface area contributed by atoms with Crippen LogP contribution in [-0.4, -0.2) is 30.6 Å². The van der Waals surface area contributed by atoms with Crippen LogP contribution in [0.2, 0.25) is 0 Å². The maximum Gasteiger partial charge on any atom is 0.268 e. The molecule has 4 aromatic heterocycles. The van der Waals surface area contributed by atoms with Gasteiger partial charge in [-0.2, -0.15) is 0 Å². The number of imidazole rings is 1. The Morgan fingerprint density at radius 1 is 1.35 bits per heavy atom. The third kappa shape index (κ3) is 3.28. The molecule has 134 valence electrons. The van der Waals surface area contributed by atoms with Gasteiger partial charge in [-0.3, -0.25) is 14.6 Å². The van der Waals surface area contributed by atoms with Gasteiger partial charge in [-0.1, -0.05) is 13.8 Å². The van der Waals surface area contributed by atoms with Crippen molar-refractivity contribution in [3.8, 4) is 0 Å². The average Bonchev–Trinajstić information content (AvgIpc) is 3.34. The number of carbonyl (C=O) groups is 1. The molecule has 0 saturated heterocycles. The first-order chi connectivity index (χ1) is 12.5. The minimum Gasteiger partial charge on any atom is -0.346 e. The lowest BCUT2D eigenvalue weighted by atomic mass is 10.0. The van der Waals surface area contributed by atoms with Crippen LogP contribution in [-0.2, 0) is 0 Å². The molecule has 0 spiro atoms. The van der Waals surface area contributed by atoms with Crippen LogP contribution in [0.25, 0.3) is 16.7 Å². The summed E-state index contributed by atoms with van der Waals surface area (Å²) in [6, 6.07) is 3.78. The number of hydrogen-bond acceptors (Lipinski definition) is 7. The van der Waals surface area contributed by atoms with Gasteiger partial charge in [0.2, 0.25) is 0 Å². The highest BCUT2D eigenvalue weighted by Gasteiger charge is 2.22. The Morgan fingerprint density at radius 3 is 2.73 bits per heavy atom. The minimum absolute atomic E-state index is 0.0803. The smallest absolute Gasteiger partial charge is 0.268 e. The van der Waals surface area contributed by atoms with E-state index in [0.717, 1.165) is 16.7 Å². The van der Waals surface area contributed by atoms with Gasteiger partial charge in [0.25, 0.3) is 5.91 Å². The summed E-state index contributed by atoms with van der Waals surface area (Å²) in [5.74, 6) is 5.02. The lowest BCUT2D eigenvalue weighted by Gasteiger charge is -2.15. The lowest BCUT2D eigenvalue weighted by molar-refractivity contribution is 0.0951. The molecule has 10 heteroatoms. The number of nitrogens with one attached hydrogen (secondary N) is 1. The molecule has 26 heavy (non-hydrogen) atoms. The number of nitrogen functional groups attached to an aromatic ring is 1. The number of carbonyl (C=O) groups excluding carboxylic acids is 1. The van der Waals surface area contributed by atoms with E-state index in [0.29, 0.717) is 15.7 Å². The minimum atomic E-state index is -0.356. The molecule has 0 atom stereocenters. The Morgan fingerprint density at radius 2 is 2.15 bits per heavy atom. The van der Waals surface area contributed by atoms with E-state index in [4.69, 9.17) is 5.84 Å². The Bertz CT molecular complexity index is 1030. The van der Waals surface area contributed by atoms with Gasteiger partial charge >= 0.3 is 0 Å². The highest BCUT2D eigenvalue weighted by Crippen LogP contribution is 2.32. The lowest BCUT2D eigenvalue weighted by Crippen LogP contribution is -2.31. The highest BCUT2D eigenvalue weighted by atomic mass is 79.9. The summed E-state index contributed by atoms with van der Waals surface area (Å²) in [5.41, 5.74) is 4.92. The van der Waals surface area contributed by atoms with Crippen molar-refractivity contribution in [1.29, 1.82) is 0 Å². The molecule has 1 amide bonds. The summed E-state index contributed by atoms with van der Waals surface area (Å²) in [6.45, 7) is 3.98. The van der Waals surface area contributed by atoms with E-state index in [1.807, 2.05) is 36.6 Å². The van der Waals surface area contributed by atoms with E-state index >= 15 is 0 Å². The molecule has 4 rings (SSSR count). The molecule has 0 aliphatic rings. The zero-order valence-electron chi connectivity index (χ0n) is 14.0. The molecule has 0 aliphatic heterocycles. The summed E-state index contributed by atoms with van der Waals surface area (Å²) in [6.07, 6.45) is 6.45. The second kappa shape index (κ2) is 7.58. The number of aromatic nitrogens is 5. The molecule has 3 N–H and O–H groups in total. The van der Waals surface area contributed by atoms with E-state index in [-0.39, 0.29) is 11.8 Å². The van der Waals surface area contributed by atoms with Crippen LogP contribution >= 0.6 is 15.9 Å². The number of pyridine rings is 2. The Hall–Kier alpha value is -2.85. The molecule has 0 radical (unpaired) electrons. The van der Waals surface area contributed by atoms with Gasteiger partial charge in [-0.15, -0.1) is 5.10 Å². The normalized spacial score (nSPS) is 10.8. The standard InChI is InChI=1S/C14H14BrN5O.C2H2N2O/c1-7(2)12-10(14(21)19-16)11(15)8-3-4-9-17-5-6-20(9)13(8)18-12;1-2-5-4-3-1/h3-7H,16H2,1-2H3,(H,19,21);1-2H. The van der Waals surface area contributed by atoms with Crippen LogP contribution in [0.4, 0.5) is 0 Å². The number of rotatable bonds is 2. The van der Waals surface area contributed by atoms with Crippen molar-refractivity contribution in [1.82, 2.24) is 30.2 Å². The molecule has 0 bridgehead atoms. The van der Waals surface area contributed by atoms with E-state index in [9.17, 15) is 4.79 Å². The molecule has 4 heterocycles. The van der Waals surface area contributed by atoms with Crippen LogP contribution in [0.1, 0.15) is 35.8 Å². The molecule has 0 aliphatic carbocycles. The van der Waals surface area contributed by atoms with E-state index in [1.165, 1.54) is 12.5 Å². The second-order valence-corrected chi connectivity index (χ2v) is 6.42. The number of amides is 1. The zero-order valence-corrected chi connectivity index (χ0v) is 15.6. The molecule has 0 saturated carbocycles. The van der Waals surface area contributed by atoms with Gasteiger partial charge in [0.15, 0.2) is 0 Å². The van der Waals surface area contributed by atoms with Crippen molar-refractivity contribution in [3.63, 3.8) is 0 Å². The Balaban J connectivity index is 0.000000339. The van der Waals surface area contributed by atoms with Gasteiger partial charge in [0, 0.05) is 27.5 Å². The fraction of sp³-hybridized carbons (Fsp3) is 0.188. The first kappa shape index (κ1) is 18.0. The van der Waals surface area contributed by atoms with Crippen LogP contribution in [0.15, 0.2) is 46.0 Å². The van der Waals surface area contributed by atoms with Gasteiger partial charge in [0.1, 0.15) is 17.6 Å². The molecule has 9 nitrogen and oxygen atoms in total. The molecule has 0 fully saturated rings. The Kier molecular flexibility index (Phi) is 5.24. The number of hydrogen-bond donors (Lipinski definition) is 2. The second-order valence-electron chi connectivity index (χ2n) is 5.63. The third-order valence-corrected chi connectivity index (χ3v) is 4.49. The summed E-state index contributed by atoms with van der Waals surface area (Å²) in [5, 5.41) is 7.24. The Labute approximate surface area is 156 Å². The number of hydrazine groups is 1.